The van der Waals surface area contributed by atoms with Crippen LogP contribution in [0, 0.1) is 22.7 Å². The molecule has 82 valence electrons. The molecule has 4 nitrogen and oxygen atoms in total. The average Bonchev–Trinajstić information content (AvgIpc) is 2.97. The van der Waals surface area contributed by atoms with Crippen molar-refractivity contribution in [2.75, 3.05) is 0 Å². The van der Waals surface area contributed by atoms with Gasteiger partial charge in [0.2, 0.25) is 0 Å². The predicted molar refractivity (Wildman–Crippen MR) is 66.5 cm³/mol. The first-order valence-corrected chi connectivity index (χ1v) is 6.20. The molecule has 0 aliphatic rings. The fourth-order valence-electron chi connectivity index (χ4n) is 1.06. The number of rotatable bonds is 4. The van der Waals surface area contributed by atoms with E-state index in [1.165, 1.54) is 22.7 Å². The van der Waals surface area contributed by atoms with Gasteiger partial charge in [-0.2, -0.15) is 10.5 Å². The molecule has 2 aromatic heterocycles. The summed E-state index contributed by atoms with van der Waals surface area (Å²) >= 11 is 2.53. The van der Waals surface area contributed by atoms with Gasteiger partial charge in [0.25, 0.3) is 0 Å². The molecule has 0 amide bonds. The molecule has 0 aliphatic carbocycles. The van der Waals surface area contributed by atoms with Gasteiger partial charge in [-0.25, -0.2) is 0 Å². The van der Waals surface area contributed by atoms with Crippen LogP contribution in [-0.4, -0.2) is 7.69 Å². The number of nitriles is 2. The van der Waals surface area contributed by atoms with E-state index in [1.807, 2.05) is 12.1 Å². The van der Waals surface area contributed by atoms with E-state index in [1.54, 1.807) is 24.3 Å². The largest absolute Gasteiger partial charge is 0.577 e. The highest BCUT2D eigenvalue weighted by Gasteiger charge is 2.05. The van der Waals surface area contributed by atoms with Crippen molar-refractivity contribution < 1.29 is 9.31 Å². The molecule has 2 rings (SSSR count). The van der Waals surface area contributed by atoms with Gasteiger partial charge in [0, 0.05) is 0 Å². The van der Waals surface area contributed by atoms with E-state index in [0.29, 0.717) is 19.9 Å². The molecular weight excluding hydrogens is 255 g/mol. The zero-order valence-electron chi connectivity index (χ0n) is 8.54. The Morgan fingerprint density at radius 3 is 1.71 bits per heavy atom. The summed E-state index contributed by atoms with van der Waals surface area (Å²) in [7, 11) is 0.0662. The van der Waals surface area contributed by atoms with Crippen molar-refractivity contribution in [3.8, 4) is 22.3 Å². The molecule has 0 unspecified atom stereocenters. The van der Waals surface area contributed by atoms with E-state index in [-0.39, 0.29) is 7.69 Å². The summed E-state index contributed by atoms with van der Waals surface area (Å²) in [6.07, 6.45) is 0. The zero-order chi connectivity index (χ0) is 12.1. The van der Waals surface area contributed by atoms with Crippen molar-refractivity contribution in [2.45, 2.75) is 0 Å². The van der Waals surface area contributed by atoms with Crippen LogP contribution in [0.5, 0.6) is 10.1 Å². The second kappa shape index (κ2) is 5.40. The Bertz CT molecular complexity index is 542. The molecule has 0 saturated carbocycles. The third-order valence-electron chi connectivity index (χ3n) is 1.79. The van der Waals surface area contributed by atoms with Crippen molar-refractivity contribution in [2.24, 2.45) is 0 Å². The number of hydrogen-bond acceptors (Lipinski definition) is 6. The maximum absolute atomic E-state index is 8.63. The fraction of sp³-hybridized carbons (Fsp3) is 0. The molecule has 2 aromatic rings. The Hall–Kier alpha value is -1.96. The molecule has 0 saturated heterocycles. The summed E-state index contributed by atoms with van der Waals surface area (Å²) in [6.45, 7) is 0. The Labute approximate surface area is 107 Å². The summed E-state index contributed by atoms with van der Waals surface area (Å²) in [6, 6.07) is 10.9. The first-order valence-electron chi connectivity index (χ1n) is 4.57. The normalized spacial score (nSPS) is 9.06. The van der Waals surface area contributed by atoms with E-state index in [4.69, 9.17) is 19.8 Å². The highest BCUT2D eigenvalue weighted by Crippen LogP contribution is 2.25. The van der Waals surface area contributed by atoms with E-state index in [2.05, 4.69) is 0 Å². The third-order valence-corrected chi connectivity index (χ3v) is 3.59. The van der Waals surface area contributed by atoms with Crippen LogP contribution in [0.1, 0.15) is 9.75 Å². The first kappa shape index (κ1) is 11.5. The quantitative estimate of drug-likeness (QED) is 0.791. The molecule has 0 spiro atoms. The molecule has 17 heavy (non-hydrogen) atoms. The van der Waals surface area contributed by atoms with Gasteiger partial charge >= 0.3 is 7.69 Å². The van der Waals surface area contributed by atoms with Gasteiger partial charge in [0.05, 0.1) is 0 Å². The van der Waals surface area contributed by atoms with Crippen LogP contribution >= 0.6 is 22.7 Å². The van der Waals surface area contributed by atoms with Crippen molar-refractivity contribution in [3.63, 3.8) is 0 Å². The number of thiophene rings is 2. The van der Waals surface area contributed by atoms with E-state index < -0.39 is 0 Å². The van der Waals surface area contributed by atoms with Crippen LogP contribution in [0.3, 0.4) is 0 Å². The Balaban J connectivity index is 1.84. The fourth-order valence-corrected chi connectivity index (χ4v) is 2.34. The molecule has 0 bridgehead atoms. The minimum Gasteiger partial charge on any atom is -0.521 e. The molecule has 0 aliphatic heterocycles. The summed E-state index contributed by atoms with van der Waals surface area (Å²) < 4.78 is 10.6. The van der Waals surface area contributed by atoms with Crippen LogP contribution < -0.4 is 9.31 Å². The van der Waals surface area contributed by atoms with Gasteiger partial charge < -0.3 is 9.31 Å². The maximum atomic E-state index is 8.63. The van der Waals surface area contributed by atoms with E-state index in [9.17, 15) is 0 Å². The zero-order valence-corrected chi connectivity index (χ0v) is 10.2. The Kier molecular flexibility index (Phi) is 3.66. The van der Waals surface area contributed by atoms with Crippen molar-refractivity contribution in [1.29, 1.82) is 10.5 Å². The molecule has 0 radical (unpaired) electrons. The molecular formula is C10H5BN2O2S2. The van der Waals surface area contributed by atoms with Crippen molar-refractivity contribution in [3.05, 3.63) is 34.0 Å². The average molecular weight is 260 g/mol. The molecule has 7 heteroatoms. The van der Waals surface area contributed by atoms with Crippen LogP contribution in [0.25, 0.3) is 0 Å². The molecule has 2 heterocycles. The summed E-state index contributed by atoms with van der Waals surface area (Å²) in [5, 5.41) is 18.5. The van der Waals surface area contributed by atoms with E-state index in [0.717, 1.165) is 0 Å². The standard InChI is InChI=1S/C10H5BN2O2S2/c12-5-7-1-3-9(16-7)14-11-15-10-4-2-8(6-13)17-10/h1-4,11H. The summed E-state index contributed by atoms with van der Waals surface area (Å²) in [5.74, 6) is 0. The topological polar surface area (TPSA) is 66.0 Å². The van der Waals surface area contributed by atoms with Crippen molar-refractivity contribution in [1.82, 2.24) is 0 Å². The number of hydrogen-bond donors (Lipinski definition) is 0. The van der Waals surface area contributed by atoms with Crippen molar-refractivity contribution >= 4 is 30.4 Å². The lowest BCUT2D eigenvalue weighted by atomic mass is 10.4. The van der Waals surface area contributed by atoms with Crippen LogP contribution in [-0.2, 0) is 0 Å². The van der Waals surface area contributed by atoms with E-state index >= 15 is 0 Å². The van der Waals surface area contributed by atoms with Gasteiger partial charge in [-0.3, -0.25) is 0 Å². The highest BCUT2D eigenvalue weighted by molar-refractivity contribution is 7.15. The SMILES string of the molecule is N#Cc1ccc(OBOc2ccc(C#N)s2)s1. The highest BCUT2D eigenvalue weighted by atomic mass is 32.1. The lowest BCUT2D eigenvalue weighted by Gasteiger charge is -2.01. The van der Waals surface area contributed by atoms with Gasteiger partial charge in [-0.05, 0) is 24.3 Å². The molecule has 0 N–H and O–H groups in total. The monoisotopic (exact) mass is 260 g/mol. The molecule has 0 aromatic carbocycles. The Morgan fingerprint density at radius 2 is 1.35 bits per heavy atom. The molecule has 0 atom stereocenters. The summed E-state index contributed by atoms with van der Waals surface area (Å²) in [4.78, 5) is 1.20. The third kappa shape index (κ3) is 3.00. The lowest BCUT2D eigenvalue weighted by Crippen LogP contribution is -2.08. The van der Waals surface area contributed by atoms with Gasteiger partial charge in [-0.1, -0.05) is 22.7 Å². The van der Waals surface area contributed by atoms with Crippen LogP contribution in [0.2, 0.25) is 0 Å². The van der Waals surface area contributed by atoms with Crippen LogP contribution in [0.15, 0.2) is 24.3 Å². The van der Waals surface area contributed by atoms with Gasteiger partial charge in [0.15, 0.2) is 10.1 Å². The second-order valence-corrected chi connectivity index (χ2v) is 4.96. The lowest BCUT2D eigenvalue weighted by molar-refractivity contribution is 0.473. The predicted octanol–water partition coefficient (Wildman–Crippen LogP) is 2.28. The first-order chi connectivity index (χ1) is 8.31. The van der Waals surface area contributed by atoms with Gasteiger partial charge in [0.1, 0.15) is 21.9 Å². The minimum atomic E-state index is 0.0662. The van der Waals surface area contributed by atoms with Gasteiger partial charge in [-0.15, -0.1) is 0 Å². The maximum Gasteiger partial charge on any atom is 0.577 e. The number of nitrogens with zero attached hydrogens (tertiary/aromatic N) is 2. The minimum absolute atomic E-state index is 0.0662. The molecule has 0 fully saturated rings. The summed E-state index contributed by atoms with van der Waals surface area (Å²) in [5.41, 5.74) is 0. The van der Waals surface area contributed by atoms with Crippen LogP contribution in [0.4, 0.5) is 0 Å². The Morgan fingerprint density at radius 1 is 0.882 bits per heavy atom. The smallest absolute Gasteiger partial charge is 0.521 e. The second-order valence-electron chi connectivity index (χ2n) is 2.87.